The quantitative estimate of drug-likeness (QED) is 0.319. The molecule has 5 N–H and O–H groups in total. The molecular formula is C32H47N7O6. The molecule has 1 aromatic heterocycles. The van der Waals surface area contributed by atoms with Crippen molar-refractivity contribution in [3.05, 3.63) is 46.8 Å². The summed E-state index contributed by atoms with van der Waals surface area (Å²) >= 11 is 0. The SMILES string of the molecule is Cc1nn(C)c(C)c1CCNC(=O)[C@@H]1CC(=O)N[C@@H](C(C)C)C(=O)N[C@H](C(C)C)C(=O)N[C@@H](C)COc2ccccc2C(=O)N1. The lowest BCUT2D eigenvalue weighted by molar-refractivity contribution is -0.134. The first-order chi connectivity index (χ1) is 21.2. The van der Waals surface area contributed by atoms with E-state index < -0.39 is 60.1 Å². The van der Waals surface area contributed by atoms with Crippen LogP contribution >= 0.6 is 0 Å². The summed E-state index contributed by atoms with van der Waals surface area (Å²) in [5.74, 6) is -3.04. The highest BCUT2D eigenvalue weighted by molar-refractivity contribution is 6.01. The van der Waals surface area contributed by atoms with E-state index in [2.05, 4.69) is 31.7 Å². The van der Waals surface area contributed by atoms with Crippen LogP contribution in [0, 0.1) is 25.7 Å². The maximum atomic E-state index is 13.5. The number of rotatable bonds is 6. The zero-order chi connectivity index (χ0) is 33.4. The van der Waals surface area contributed by atoms with E-state index in [1.807, 2.05) is 34.7 Å². The van der Waals surface area contributed by atoms with E-state index in [1.165, 1.54) is 0 Å². The van der Waals surface area contributed by atoms with E-state index in [-0.39, 0.29) is 36.3 Å². The molecule has 0 unspecified atom stereocenters. The zero-order valence-electron chi connectivity index (χ0n) is 27.4. The molecule has 0 fully saturated rings. The van der Waals surface area contributed by atoms with Crippen molar-refractivity contribution in [1.82, 2.24) is 36.4 Å². The minimum Gasteiger partial charge on any atom is -0.491 e. The number of aryl methyl sites for hydroxylation is 2. The van der Waals surface area contributed by atoms with Gasteiger partial charge in [0.25, 0.3) is 5.91 Å². The molecule has 2 aromatic rings. The third-order valence-corrected chi connectivity index (χ3v) is 7.87. The van der Waals surface area contributed by atoms with Crippen molar-refractivity contribution in [1.29, 1.82) is 0 Å². The third kappa shape index (κ3) is 9.29. The average molecular weight is 626 g/mol. The van der Waals surface area contributed by atoms with Gasteiger partial charge in [0, 0.05) is 19.3 Å². The molecule has 5 amide bonds. The van der Waals surface area contributed by atoms with Gasteiger partial charge in [-0.25, -0.2) is 0 Å². The Morgan fingerprint density at radius 1 is 0.978 bits per heavy atom. The summed E-state index contributed by atoms with van der Waals surface area (Å²) in [6.07, 6.45) is 0.0888. The molecule has 0 spiro atoms. The normalized spacial score (nSPS) is 22.0. The summed E-state index contributed by atoms with van der Waals surface area (Å²) in [7, 11) is 1.85. The van der Waals surface area contributed by atoms with Crippen molar-refractivity contribution in [3.63, 3.8) is 0 Å². The molecule has 246 valence electrons. The van der Waals surface area contributed by atoms with Gasteiger partial charge in [0.1, 0.15) is 30.5 Å². The van der Waals surface area contributed by atoms with Crippen LogP contribution < -0.4 is 31.3 Å². The van der Waals surface area contributed by atoms with Crippen LogP contribution in [0.25, 0.3) is 0 Å². The largest absolute Gasteiger partial charge is 0.491 e. The van der Waals surface area contributed by atoms with Crippen molar-refractivity contribution in [2.75, 3.05) is 13.2 Å². The first-order valence-corrected chi connectivity index (χ1v) is 15.4. The fourth-order valence-corrected chi connectivity index (χ4v) is 5.16. The molecule has 0 saturated heterocycles. The molecule has 2 heterocycles. The second-order valence-electron chi connectivity index (χ2n) is 12.3. The predicted molar refractivity (Wildman–Crippen MR) is 168 cm³/mol. The van der Waals surface area contributed by atoms with Crippen LogP contribution in [0.1, 0.15) is 68.3 Å². The predicted octanol–water partition coefficient (Wildman–Crippen LogP) is 1.06. The first-order valence-electron chi connectivity index (χ1n) is 15.4. The number of nitrogens with zero attached hydrogens (tertiary/aromatic N) is 2. The van der Waals surface area contributed by atoms with E-state index >= 15 is 0 Å². The van der Waals surface area contributed by atoms with Gasteiger partial charge in [-0.2, -0.15) is 5.10 Å². The van der Waals surface area contributed by atoms with Gasteiger partial charge in [-0.15, -0.1) is 0 Å². The van der Waals surface area contributed by atoms with E-state index in [0.29, 0.717) is 6.42 Å². The van der Waals surface area contributed by atoms with Crippen LogP contribution in [-0.4, -0.2) is 76.6 Å². The third-order valence-electron chi connectivity index (χ3n) is 7.87. The number of benzene rings is 1. The number of hydrogen-bond acceptors (Lipinski definition) is 7. The molecule has 0 saturated carbocycles. The van der Waals surface area contributed by atoms with Crippen molar-refractivity contribution in [2.24, 2.45) is 18.9 Å². The number of amides is 5. The topological polar surface area (TPSA) is 173 Å². The molecule has 0 aliphatic carbocycles. The summed E-state index contributed by atoms with van der Waals surface area (Å²) in [6, 6.07) is 2.96. The molecule has 45 heavy (non-hydrogen) atoms. The van der Waals surface area contributed by atoms with Crippen molar-refractivity contribution in [2.45, 2.75) is 85.5 Å². The van der Waals surface area contributed by atoms with E-state index in [9.17, 15) is 24.0 Å². The Kier molecular flexibility index (Phi) is 12.1. The lowest BCUT2D eigenvalue weighted by Gasteiger charge is -2.28. The van der Waals surface area contributed by atoms with Gasteiger partial charge in [-0.05, 0) is 56.7 Å². The maximum absolute atomic E-state index is 13.5. The monoisotopic (exact) mass is 625 g/mol. The summed E-state index contributed by atoms with van der Waals surface area (Å²) in [6.45, 7) is 13.0. The Balaban J connectivity index is 1.91. The summed E-state index contributed by atoms with van der Waals surface area (Å²) in [5, 5.41) is 18.3. The van der Waals surface area contributed by atoms with Gasteiger partial charge < -0.3 is 31.3 Å². The van der Waals surface area contributed by atoms with E-state index in [1.54, 1.807) is 49.7 Å². The number of hydrogen-bond donors (Lipinski definition) is 5. The van der Waals surface area contributed by atoms with Crippen LogP contribution in [0.3, 0.4) is 0 Å². The molecule has 4 atom stereocenters. The van der Waals surface area contributed by atoms with E-state index in [4.69, 9.17) is 4.74 Å². The molecular weight excluding hydrogens is 578 g/mol. The fourth-order valence-electron chi connectivity index (χ4n) is 5.16. The number of fused-ring (bicyclic) bond motifs is 1. The Labute approximate surface area is 264 Å². The van der Waals surface area contributed by atoms with Crippen LogP contribution in [-0.2, 0) is 32.6 Å². The second-order valence-corrected chi connectivity index (χ2v) is 12.3. The summed E-state index contributed by atoms with van der Waals surface area (Å²) in [4.78, 5) is 66.8. The molecule has 1 aromatic carbocycles. The van der Waals surface area contributed by atoms with Gasteiger partial charge in [-0.1, -0.05) is 39.8 Å². The highest BCUT2D eigenvalue weighted by Crippen LogP contribution is 2.19. The summed E-state index contributed by atoms with van der Waals surface area (Å²) < 4.78 is 7.69. The van der Waals surface area contributed by atoms with Gasteiger partial charge in [0.05, 0.1) is 23.7 Å². The molecule has 13 heteroatoms. The van der Waals surface area contributed by atoms with Crippen LogP contribution in [0.5, 0.6) is 5.75 Å². The van der Waals surface area contributed by atoms with Crippen LogP contribution in [0.2, 0.25) is 0 Å². The minimum absolute atomic E-state index is 0.0422. The standard InChI is InChI=1S/C32H47N7O6/c1-17(2)27-32(44)37-28(18(3)4)31(43)34-19(5)16-45-25-12-10-9-11-23(25)29(41)35-24(15-26(40)36-27)30(42)33-14-13-22-20(6)38-39(8)21(22)7/h9-12,17-19,24,27-28H,13-16H2,1-8H3,(H,33,42)(H,34,43)(H,35,41)(H,36,40)(H,37,44)/t19-,24-,27-,28+/m0/s1. The Morgan fingerprint density at radius 3 is 2.22 bits per heavy atom. The smallest absolute Gasteiger partial charge is 0.255 e. The fraction of sp³-hybridized carbons (Fsp3) is 0.562. The highest BCUT2D eigenvalue weighted by Gasteiger charge is 2.33. The lowest BCUT2D eigenvalue weighted by Crippen LogP contribution is -2.58. The molecule has 1 aliphatic heterocycles. The van der Waals surface area contributed by atoms with E-state index in [0.717, 1.165) is 17.0 Å². The van der Waals surface area contributed by atoms with Gasteiger partial charge in [0.2, 0.25) is 23.6 Å². The van der Waals surface area contributed by atoms with Crippen LogP contribution in [0.4, 0.5) is 0 Å². The first kappa shape index (κ1) is 35.1. The zero-order valence-corrected chi connectivity index (χ0v) is 27.4. The average Bonchev–Trinajstić information content (AvgIpc) is 3.21. The molecule has 3 rings (SSSR count). The second kappa shape index (κ2) is 15.5. The van der Waals surface area contributed by atoms with Crippen molar-refractivity contribution >= 4 is 29.5 Å². The van der Waals surface area contributed by atoms with Crippen molar-refractivity contribution in [3.8, 4) is 5.75 Å². The molecule has 0 radical (unpaired) electrons. The number of carbonyl (C=O) groups excluding carboxylic acids is 5. The van der Waals surface area contributed by atoms with Gasteiger partial charge in [-0.3, -0.25) is 28.7 Å². The molecule has 1 aliphatic rings. The van der Waals surface area contributed by atoms with Gasteiger partial charge >= 0.3 is 0 Å². The number of carbonyl (C=O) groups is 5. The van der Waals surface area contributed by atoms with Crippen LogP contribution in [0.15, 0.2) is 24.3 Å². The van der Waals surface area contributed by atoms with Gasteiger partial charge in [0.15, 0.2) is 0 Å². The lowest BCUT2D eigenvalue weighted by atomic mass is 9.99. The number of ether oxygens (including phenoxy) is 1. The number of nitrogens with one attached hydrogen (secondary N) is 5. The minimum atomic E-state index is -1.25. The Bertz CT molecular complexity index is 1400. The van der Waals surface area contributed by atoms with Crippen molar-refractivity contribution < 1.29 is 28.7 Å². The maximum Gasteiger partial charge on any atom is 0.255 e. The molecule has 0 bridgehead atoms. The molecule has 13 nitrogen and oxygen atoms in total. The number of aromatic nitrogens is 2. The summed E-state index contributed by atoms with van der Waals surface area (Å²) in [5.41, 5.74) is 3.01. The Morgan fingerprint density at radius 2 is 1.60 bits per heavy atom. The highest BCUT2D eigenvalue weighted by atomic mass is 16.5. The number of para-hydroxylation sites is 1. The Hall–Kier alpha value is -4.42.